The van der Waals surface area contributed by atoms with Crippen molar-refractivity contribution in [1.82, 2.24) is 19.1 Å². The molecule has 3 heterocycles. The SMILES string of the molecule is c1ccc(-c2nc3ccccc3nc2-n2c3ccccc3c3cc(-n4c5ccccc5c5c6ccccc6ccc54)ccc32)cc1. The minimum absolute atomic E-state index is 0.826. The zero-order valence-corrected chi connectivity index (χ0v) is 24.8. The van der Waals surface area contributed by atoms with Crippen molar-refractivity contribution in [2.45, 2.75) is 0 Å². The molecule has 0 N–H and O–H groups in total. The van der Waals surface area contributed by atoms with Gasteiger partial charge in [-0.3, -0.25) is 4.57 Å². The summed E-state index contributed by atoms with van der Waals surface area (Å²) in [5.41, 5.74) is 9.38. The number of nitrogens with zero attached hydrogens (tertiary/aromatic N) is 4. The number of rotatable bonds is 3. The van der Waals surface area contributed by atoms with E-state index in [-0.39, 0.29) is 0 Å². The van der Waals surface area contributed by atoms with Gasteiger partial charge in [0.15, 0.2) is 5.82 Å². The second-order valence-corrected chi connectivity index (χ2v) is 11.8. The molecule has 0 saturated heterocycles. The van der Waals surface area contributed by atoms with Gasteiger partial charge in [-0.05, 0) is 59.3 Å². The summed E-state index contributed by atoms with van der Waals surface area (Å²) >= 11 is 0. The number of para-hydroxylation sites is 4. The molecule has 10 aromatic rings. The lowest BCUT2D eigenvalue weighted by atomic mass is 10.0. The first-order valence-corrected chi connectivity index (χ1v) is 15.6. The van der Waals surface area contributed by atoms with Crippen LogP contribution in [0.25, 0.3) is 88.2 Å². The van der Waals surface area contributed by atoms with Crippen molar-refractivity contribution in [2.75, 3.05) is 0 Å². The smallest absolute Gasteiger partial charge is 0.165 e. The van der Waals surface area contributed by atoms with Gasteiger partial charge in [0.2, 0.25) is 0 Å². The summed E-state index contributed by atoms with van der Waals surface area (Å²) in [7, 11) is 0. The van der Waals surface area contributed by atoms with E-state index in [4.69, 9.17) is 9.97 Å². The van der Waals surface area contributed by atoms with Crippen molar-refractivity contribution < 1.29 is 0 Å². The van der Waals surface area contributed by atoms with Crippen molar-refractivity contribution in [2.24, 2.45) is 0 Å². The van der Waals surface area contributed by atoms with Crippen LogP contribution in [0.5, 0.6) is 0 Å². The first kappa shape index (κ1) is 25.1. The van der Waals surface area contributed by atoms with Crippen LogP contribution >= 0.6 is 0 Å². The van der Waals surface area contributed by atoms with E-state index in [1.165, 1.54) is 43.4 Å². The average Bonchev–Trinajstić information content (AvgIpc) is 3.64. The van der Waals surface area contributed by atoms with Crippen molar-refractivity contribution in [3.05, 3.63) is 158 Å². The summed E-state index contributed by atoms with van der Waals surface area (Å²) in [6.07, 6.45) is 0. The Morgan fingerprint density at radius 2 is 1.00 bits per heavy atom. The highest BCUT2D eigenvalue weighted by atomic mass is 15.1. The van der Waals surface area contributed by atoms with Gasteiger partial charge in [-0.15, -0.1) is 0 Å². The Bertz CT molecular complexity index is 2810. The predicted molar refractivity (Wildman–Crippen MR) is 191 cm³/mol. The monoisotopic (exact) mass is 586 g/mol. The molecule has 0 bridgehead atoms. The molecule has 0 radical (unpaired) electrons. The van der Waals surface area contributed by atoms with E-state index in [1.54, 1.807) is 0 Å². The topological polar surface area (TPSA) is 35.6 Å². The molecule has 0 amide bonds. The Balaban J connectivity index is 1.29. The lowest BCUT2D eigenvalue weighted by molar-refractivity contribution is 1.08. The van der Waals surface area contributed by atoms with Crippen LogP contribution in [0.2, 0.25) is 0 Å². The molecule has 0 aliphatic carbocycles. The molecule has 0 atom stereocenters. The number of aromatic nitrogens is 4. The van der Waals surface area contributed by atoms with E-state index in [2.05, 4.69) is 137 Å². The Morgan fingerprint density at radius 1 is 0.391 bits per heavy atom. The summed E-state index contributed by atoms with van der Waals surface area (Å²) in [6.45, 7) is 0. The summed E-state index contributed by atoms with van der Waals surface area (Å²) in [5, 5.41) is 7.43. The van der Waals surface area contributed by atoms with E-state index in [0.29, 0.717) is 0 Å². The molecule has 214 valence electrons. The first-order valence-electron chi connectivity index (χ1n) is 15.6. The molecule has 46 heavy (non-hydrogen) atoms. The Kier molecular flexibility index (Phi) is 5.25. The maximum absolute atomic E-state index is 5.27. The molecule has 0 aliphatic rings. The molecule has 0 saturated carbocycles. The van der Waals surface area contributed by atoms with Gasteiger partial charge in [0.25, 0.3) is 0 Å². The number of hydrogen-bond donors (Lipinski definition) is 0. The highest BCUT2D eigenvalue weighted by molar-refractivity contribution is 6.21. The highest BCUT2D eigenvalue weighted by Crippen LogP contribution is 2.40. The second kappa shape index (κ2) is 9.62. The molecular weight excluding hydrogens is 560 g/mol. The maximum Gasteiger partial charge on any atom is 0.165 e. The van der Waals surface area contributed by atoms with Gasteiger partial charge >= 0.3 is 0 Å². The van der Waals surface area contributed by atoms with Crippen molar-refractivity contribution in [3.63, 3.8) is 0 Å². The van der Waals surface area contributed by atoms with Crippen LogP contribution in [0.1, 0.15) is 0 Å². The minimum Gasteiger partial charge on any atom is -0.309 e. The second-order valence-electron chi connectivity index (χ2n) is 11.8. The molecule has 0 spiro atoms. The zero-order valence-electron chi connectivity index (χ0n) is 24.8. The fraction of sp³-hybridized carbons (Fsp3) is 0. The lowest BCUT2D eigenvalue weighted by Crippen LogP contribution is -2.03. The quantitative estimate of drug-likeness (QED) is 0.206. The molecule has 3 aromatic heterocycles. The van der Waals surface area contributed by atoms with E-state index in [0.717, 1.165) is 44.8 Å². The summed E-state index contributed by atoms with van der Waals surface area (Å²) in [5.74, 6) is 0.826. The fourth-order valence-electron chi connectivity index (χ4n) is 7.28. The number of benzene rings is 7. The van der Waals surface area contributed by atoms with Gasteiger partial charge in [0.05, 0.1) is 33.1 Å². The third-order valence-electron chi connectivity index (χ3n) is 9.29. The third kappa shape index (κ3) is 3.55. The zero-order chi connectivity index (χ0) is 30.2. The fourth-order valence-corrected chi connectivity index (χ4v) is 7.28. The van der Waals surface area contributed by atoms with Gasteiger partial charge in [0.1, 0.15) is 5.69 Å². The normalized spacial score (nSPS) is 11.9. The molecule has 10 rings (SSSR count). The van der Waals surface area contributed by atoms with E-state index in [1.807, 2.05) is 30.3 Å². The molecule has 0 fully saturated rings. The van der Waals surface area contributed by atoms with Crippen LogP contribution < -0.4 is 0 Å². The van der Waals surface area contributed by atoms with E-state index < -0.39 is 0 Å². The molecule has 4 nitrogen and oxygen atoms in total. The van der Waals surface area contributed by atoms with Crippen LogP contribution in [0, 0.1) is 0 Å². The van der Waals surface area contributed by atoms with Crippen LogP contribution in [0.3, 0.4) is 0 Å². The largest absolute Gasteiger partial charge is 0.309 e. The highest BCUT2D eigenvalue weighted by Gasteiger charge is 2.21. The minimum atomic E-state index is 0.826. The molecule has 7 aromatic carbocycles. The predicted octanol–water partition coefficient (Wildman–Crippen LogP) is 10.6. The molecular formula is C42H26N4. The maximum atomic E-state index is 5.27. The summed E-state index contributed by atoms with van der Waals surface area (Å²) < 4.78 is 4.70. The first-order chi connectivity index (χ1) is 22.8. The van der Waals surface area contributed by atoms with Crippen molar-refractivity contribution in [1.29, 1.82) is 0 Å². The van der Waals surface area contributed by atoms with Crippen molar-refractivity contribution in [3.8, 4) is 22.8 Å². The van der Waals surface area contributed by atoms with Gasteiger partial charge in [0, 0.05) is 32.8 Å². The van der Waals surface area contributed by atoms with Gasteiger partial charge < -0.3 is 4.57 Å². The van der Waals surface area contributed by atoms with Gasteiger partial charge in [-0.25, -0.2) is 9.97 Å². The summed E-state index contributed by atoms with van der Waals surface area (Å²) in [6, 6.07) is 55.9. The van der Waals surface area contributed by atoms with E-state index in [9.17, 15) is 0 Å². The molecule has 0 aliphatic heterocycles. The van der Waals surface area contributed by atoms with Crippen LogP contribution in [-0.4, -0.2) is 19.1 Å². The Hall–Kier alpha value is -6.26. The van der Waals surface area contributed by atoms with Crippen LogP contribution in [0.15, 0.2) is 158 Å². The number of hydrogen-bond acceptors (Lipinski definition) is 2. The number of fused-ring (bicyclic) bond motifs is 9. The standard InChI is InChI=1S/C42H26N4/c1-2-13-28(14-3-1)41-42(44-35-19-9-8-18-34(35)43-41)46-36-20-10-6-16-31(36)33-26-29(23-25-38(33)46)45-37-21-11-7-17-32(37)40-30-15-5-4-12-27(30)22-24-39(40)45/h1-26H. The van der Waals surface area contributed by atoms with Crippen LogP contribution in [-0.2, 0) is 0 Å². The van der Waals surface area contributed by atoms with Gasteiger partial charge in [-0.1, -0.05) is 109 Å². The Morgan fingerprint density at radius 3 is 1.83 bits per heavy atom. The molecule has 0 unspecified atom stereocenters. The molecule has 4 heteroatoms. The van der Waals surface area contributed by atoms with Crippen LogP contribution in [0.4, 0.5) is 0 Å². The van der Waals surface area contributed by atoms with Crippen molar-refractivity contribution >= 4 is 65.4 Å². The third-order valence-corrected chi connectivity index (χ3v) is 9.29. The lowest BCUT2D eigenvalue weighted by Gasteiger charge is -2.14. The van der Waals surface area contributed by atoms with E-state index >= 15 is 0 Å². The Labute approximate surface area is 264 Å². The summed E-state index contributed by atoms with van der Waals surface area (Å²) in [4.78, 5) is 10.5. The average molecular weight is 587 g/mol. The van der Waals surface area contributed by atoms with Gasteiger partial charge in [-0.2, -0.15) is 0 Å².